The number of hydrogen-bond donors (Lipinski definition) is 2. The Labute approximate surface area is 166 Å². The van der Waals surface area contributed by atoms with Gasteiger partial charge in [-0.05, 0) is 72.8 Å². The van der Waals surface area contributed by atoms with Gasteiger partial charge in [0.2, 0.25) is 5.91 Å². The van der Waals surface area contributed by atoms with E-state index < -0.39 is 5.97 Å². The van der Waals surface area contributed by atoms with Crippen LogP contribution in [0.15, 0.2) is 42.5 Å². The summed E-state index contributed by atoms with van der Waals surface area (Å²) in [6.07, 6.45) is 6.13. The number of nitrogens with one attached hydrogen (secondary N) is 1. The molecule has 0 aromatic heterocycles. The van der Waals surface area contributed by atoms with E-state index in [0.717, 1.165) is 32.1 Å². The van der Waals surface area contributed by atoms with Crippen LogP contribution in [0.2, 0.25) is 0 Å². The van der Waals surface area contributed by atoms with E-state index in [4.69, 9.17) is 5.11 Å². The Bertz CT molecular complexity index is 881. The van der Waals surface area contributed by atoms with Gasteiger partial charge in [0.15, 0.2) is 0 Å². The van der Waals surface area contributed by atoms with Gasteiger partial charge >= 0.3 is 5.97 Å². The predicted molar refractivity (Wildman–Crippen MR) is 109 cm³/mol. The number of carboxylic acids is 1. The first kappa shape index (κ1) is 18.7. The van der Waals surface area contributed by atoms with E-state index >= 15 is 0 Å². The first-order valence-corrected chi connectivity index (χ1v) is 10.3. The van der Waals surface area contributed by atoms with E-state index in [0.29, 0.717) is 19.3 Å². The van der Waals surface area contributed by atoms with E-state index in [2.05, 4.69) is 47.8 Å². The maximum Gasteiger partial charge on any atom is 0.306 e. The fourth-order valence-corrected chi connectivity index (χ4v) is 4.56. The summed E-state index contributed by atoms with van der Waals surface area (Å²) in [5, 5.41) is 12.1. The summed E-state index contributed by atoms with van der Waals surface area (Å²) in [4.78, 5) is 23.3. The second kappa shape index (κ2) is 8.17. The molecular formula is C24H27NO3. The molecule has 0 unspecified atom stereocenters. The standard InChI is InChI=1S/C24H27NO3/c26-23(25-20-12-10-17(11-13-20)24(27)28)7-3-4-16-8-9-19-15-18-5-1-2-6-21(18)22(19)14-16/h1-2,5-6,8-9,14,17,20H,3-4,7,10-13,15H2,(H,25,26)(H,27,28). The highest BCUT2D eigenvalue weighted by molar-refractivity contribution is 5.77. The van der Waals surface area contributed by atoms with Gasteiger partial charge in [0, 0.05) is 12.5 Å². The van der Waals surface area contributed by atoms with Gasteiger partial charge in [-0.25, -0.2) is 0 Å². The van der Waals surface area contributed by atoms with Crippen molar-refractivity contribution in [1.29, 1.82) is 0 Å². The molecule has 2 aromatic rings. The quantitative estimate of drug-likeness (QED) is 0.671. The van der Waals surface area contributed by atoms with E-state index in [1.165, 1.54) is 27.8 Å². The summed E-state index contributed by atoms with van der Waals surface area (Å²) >= 11 is 0. The molecule has 0 spiro atoms. The molecule has 4 rings (SSSR count). The molecule has 1 amide bonds. The van der Waals surface area contributed by atoms with Gasteiger partial charge in [0.25, 0.3) is 0 Å². The molecule has 2 aromatic carbocycles. The minimum atomic E-state index is -0.707. The van der Waals surface area contributed by atoms with Gasteiger partial charge in [-0.3, -0.25) is 9.59 Å². The molecular weight excluding hydrogens is 350 g/mol. The van der Waals surface area contributed by atoms with Gasteiger partial charge in [-0.2, -0.15) is 0 Å². The van der Waals surface area contributed by atoms with E-state index in [9.17, 15) is 9.59 Å². The number of aliphatic carboxylic acids is 1. The molecule has 0 saturated heterocycles. The lowest BCUT2D eigenvalue weighted by Gasteiger charge is -2.26. The van der Waals surface area contributed by atoms with Crippen molar-refractivity contribution in [1.82, 2.24) is 5.32 Å². The molecule has 1 fully saturated rings. The number of rotatable bonds is 6. The summed E-state index contributed by atoms with van der Waals surface area (Å²) in [6, 6.07) is 15.4. The molecule has 0 heterocycles. The lowest BCUT2D eigenvalue weighted by molar-refractivity contribution is -0.142. The van der Waals surface area contributed by atoms with E-state index in [-0.39, 0.29) is 17.9 Å². The Morgan fingerprint density at radius 1 is 0.964 bits per heavy atom. The number of hydrogen-bond acceptors (Lipinski definition) is 2. The maximum atomic E-state index is 12.2. The fraction of sp³-hybridized carbons (Fsp3) is 0.417. The van der Waals surface area contributed by atoms with Crippen LogP contribution in [0.25, 0.3) is 11.1 Å². The highest BCUT2D eigenvalue weighted by atomic mass is 16.4. The molecule has 2 aliphatic rings. The van der Waals surface area contributed by atoms with Crippen molar-refractivity contribution in [2.45, 2.75) is 57.4 Å². The van der Waals surface area contributed by atoms with Crippen molar-refractivity contribution in [3.63, 3.8) is 0 Å². The molecule has 28 heavy (non-hydrogen) atoms. The van der Waals surface area contributed by atoms with Crippen LogP contribution in [0.1, 0.15) is 55.2 Å². The van der Waals surface area contributed by atoms with Crippen LogP contribution < -0.4 is 5.32 Å². The lowest BCUT2D eigenvalue weighted by atomic mass is 9.86. The molecule has 2 aliphatic carbocycles. The van der Waals surface area contributed by atoms with Crippen LogP contribution in [0, 0.1) is 5.92 Å². The first-order chi connectivity index (χ1) is 13.6. The molecule has 4 nitrogen and oxygen atoms in total. The number of carbonyl (C=O) groups is 2. The average molecular weight is 377 g/mol. The SMILES string of the molecule is O=C(CCCc1ccc2c(c1)-c1ccccc1C2)NC1CCC(C(=O)O)CC1. The molecule has 1 saturated carbocycles. The average Bonchev–Trinajstić information content (AvgIpc) is 3.06. The van der Waals surface area contributed by atoms with Crippen molar-refractivity contribution in [3.05, 3.63) is 59.2 Å². The molecule has 0 atom stereocenters. The number of aryl methyl sites for hydroxylation is 1. The zero-order valence-corrected chi connectivity index (χ0v) is 16.1. The number of benzene rings is 2. The Hall–Kier alpha value is -2.62. The van der Waals surface area contributed by atoms with E-state index in [1.54, 1.807) is 0 Å². The molecule has 2 N–H and O–H groups in total. The number of fused-ring (bicyclic) bond motifs is 3. The predicted octanol–water partition coefficient (Wildman–Crippen LogP) is 4.34. The Morgan fingerprint density at radius 2 is 1.71 bits per heavy atom. The number of carbonyl (C=O) groups excluding carboxylic acids is 1. The molecule has 0 radical (unpaired) electrons. The van der Waals surface area contributed by atoms with Gasteiger partial charge < -0.3 is 10.4 Å². The third-order valence-electron chi connectivity index (χ3n) is 6.17. The normalized spacial score (nSPS) is 20.3. The van der Waals surface area contributed by atoms with Crippen molar-refractivity contribution in [3.8, 4) is 11.1 Å². The summed E-state index contributed by atoms with van der Waals surface area (Å²) < 4.78 is 0. The zero-order chi connectivity index (χ0) is 19.5. The van der Waals surface area contributed by atoms with Gasteiger partial charge in [-0.1, -0.05) is 42.5 Å². The second-order valence-corrected chi connectivity index (χ2v) is 8.13. The van der Waals surface area contributed by atoms with Crippen LogP contribution >= 0.6 is 0 Å². The minimum absolute atomic E-state index is 0.0882. The number of amides is 1. The van der Waals surface area contributed by atoms with Gasteiger partial charge in [0.1, 0.15) is 0 Å². The van der Waals surface area contributed by atoms with Crippen LogP contribution in [-0.4, -0.2) is 23.0 Å². The van der Waals surface area contributed by atoms with Crippen LogP contribution in [0.4, 0.5) is 0 Å². The smallest absolute Gasteiger partial charge is 0.306 e. The van der Waals surface area contributed by atoms with Gasteiger partial charge in [0.05, 0.1) is 5.92 Å². The molecule has 146 valence electrons. The third-order valence-corrected chi connectivity index (χ3v) is 6.17. The molecule has 4 heteroatoms. The first-order valence-electron chi connectivity index (χ1n) is 10.3. The maximum absolute atomic E-state index is 12.2. The van der Waals surface area contributed by atoms with Crippen LogP contribution in [-0.2, 0) is 22.4 Å². The summed E-state index contributed by atoms with van der Waals surface area (Å²) in [5.74, 6) is -0.856. The molecule has 0 aliphatic heterocycles. The second-order valence-electron chi connectivity index (χ2n) is 8.13. The highest BCUT2D eigenvalue weighted by Gasteiger charge is 2.26. The van der Waals surface area contributed by atoms with Crippen molar-refractivity contribution in [2.75, 3.05) is 0 Å². The highest BCUT2D eigenvalue weighted by Crippen LogP contribution is 2.37. The fourth-order valence-electron chi connectivity index (χ4n) is 4.56. The minimum Gasteiger partial charge on any atom is -0.481 e. The molecule has 0 bridgehead atoms. The van der Waals surface area contributed by atoms with Crippen molar-refractivity contribution in [2.24, 2.45) is 5.92 Å². The van der Waals surface area contributed by atoms with E-state index in [1.807, 2.05) is 0 Å². The lowest BCUT2D eigenvalue weighted by Crippen LogP contribution is -2.38. The zero-order valence-electron chi connectivity index (χ0n) is 16.1. The number of carboxylic acid groups (broad SMARTS) is 1. The van der Waals surface area contributed by atoms with Crippen LogP contribution in [0.3, 0.4) is 0 Å². The van der Waals surface area contributed by atoms with Crippen molar-refractivity contribution >= 4 is 11.9 Å². The third kappa shape index (κ3) is 4.11. The van der Waals surface area contributed by atoms with Gasteiger partial charge in [-0.15, -0.1) is 0 Å². The Kier molecular flexibility index (Phi) is 5.47. The topological polar surface area (TPSA) is 66.4 Å². The monoisotopic (exact) mass is 377 g/mol. The Morgan fingerprint density at radius 3 is 2.50 bits per heavy atom. The summed E-state index contributed by atoms with van der Waals surface area (Å²) in [6.45, 7) is 0. The summed E-state index contributed by atoms with van der Waals surface area (Å²) in [7, 11) is 0. The Balaban J connectivity index is 1.25. The van der Waals surface area contributed by atoms with Crippen LogP contribution in [0.5, 0.6) is 0 Å². The largest absolute Gasteiger partial charge is 0.481 e. The summed E-state index contributed by atoms with van der Waals surface area (Å²) in [5.41, 5.74) is 6.75. The van der Waals surface area contributed by atoms with Crippen molar-refractivity contribution < 1.29 is 14.7 Å².